The Morgan fingerprint density at radius 1 is 1.07 bits per heavy atom. The third-order valence-electron chi connectivity index (χ3n) is 4.27. The van der Waals surface area contributed by atoms with E-state index in [1.807, 2.05) is 26.8 Å². The molecule has 0 aromatic carbocycles. The molecule has 0 unspecified atom stereocenters. The van der Waals surface area contributed by atoms with E-state index in [4.69, 9.17) is 0 Å². The summed E-state index contributed by atoms with van der Waals surface area (Å²) in [6, 6.07) is 1.93. The van der Waals surface area contributed by atoms with Crippen molar-refractivity contribution in [3.63, 3.8) is 0 Å². The lowest BCUT2D eigenvalue weighted by Crippen LogP contribution is -2.40. The van der Waals surface area contributed by atoms with Crippen molar-refractivity contribution >= 4 is 11.2 Å². The number of rotatable bonds is 5. The van der Waals surface area contributed by atoms with Crippen LogP contribution in [-0.2, 0) is 20.1 Å². The first kappa shape index (κ1) is 18.6. The second-order valence-corrected chi connectivity index (χ2v) is 7.16. The predicted molar refractivity (Wildman–Crippen MR) is 105 cm³/mol. The van der Waals surface area contributed by atoms with Crippen molar-refractivity contribution in [3.05, 3.63) is 62.6 Å². The zero-order valence-corrected chi connectivity index (χ0v) is 16.4. The minimum Gasteiger partial charge on any atom is -0.298 e. The molecule has 0 spiro atoms. The van der Waals surface area contributed by atoms with E-state index in [0.29, 0.717) is 23.7 Å². The van der Waals surface area contributed by atoms with E-state index in [1.54, 1.807) is 23.2 Å². The molecule has 3 aromatic heterocycles. The Morgan fingerprint density at radius 3 is 2.19 bits per heavy atom. The maximum Gasteiger partial charge on any atom is 0.332 e. The first-order chi connectivity index (χ1) is 12.6. The minimum atomic E-state index is -0.421. The first-order valence-corrected chi connectivity index (χ1v) is 8.64. The predicted octanol–water partition coefficient (Wildman–Crippen LogP) is 1.85. The van der Waals surface area contributed by atoms with Crippen LogP contribution in [0.1, 0.15) is 25.2 Å². The minimum absolute atomic E-state index is 0.162. The summed E-state index contributed by atoms with van der Waals surface area (Å²) in [5.41, 5.74) is 3.17. The first-order valence-electron chi connectivity index (χ1n) is 8.64. The van der Waals surface area contributed by atoms with Crippen molar-refractivity contribution in [1.82, 2.24) is 28.5 Å². The van der Waals surface area contributed by atoms with Crippen molar-refractivity contribution in [1.29, 1.82) is 0 Å². The zero-order valence-electron chi connectivity index (χ0n) is 16.4. The van der Waals surface area contributed by atoms with Crippen molar-refractivity contribution in [2.45, 2.75) is 40.8 Å². The maximum absolute atomic E-state index is 13.2. The van der Waals surface area contributed by atoms with Gasteiger partial charge in [0.1, 0.15) is 0 Å². The Labute approximate surface area is 156 Å². The average Bonchev–Trinajstić information content (AvgIpc) is 3.08. The number of hydrogen-bond acceptors (Lipinski definition) is 4. The van der Waals surface area contributed by atoms with Crippen LogP contribution >= 0.6 is 0 Å². The molecule has 0 aliphatic heterocycles. The lowest BCUT2D eigenvalue weighted by molar-refractivity contribution is 0.646. The van der Waals surface area contributed by atoms with E-state index < -0.39 is 11.2 Å². The Bertz CT molecular complexity index is 1200. The molecule has 3 rings (SSSR count). The monoisotopic (exact) mass is 368 g/mol. The SMILES string of the molecule is C=C(C)Cn1c(=O)c2c(nc(-n3nc(C)cc3C)n2CC(=C)C)n(C)c1=O. The molecule has 3 aromatic rings. The van der Waals surface area contributed by atoms with Crippen molar-refractivity contribution in [3.8, 4) is 5.95 Å². The van der Waals surface area contributed by atoms with E-state index in [2.05, 4.69) is 23.2 Å². The van der Waals surface area contributed by atoms with Gasteiger partial charge >= 0.3 is 5.69 Å². The van der Waals surface area contributed by atoms with Gasteiger partial charge in [-0.25, -0.2) is 9.48 Å². The average molecular weight is 368 g/mol. The topological polar surface area (TPSA) is 79.6 Å². The van der Waals surface area contributed by atoms with Crippen LogP contribution in [0.25, 0.3) is 17.1 Å². The number of aromatic nitrogens is 6. The molecule has 8 nitrogen and oxygen atoms in total. The summed E-state index contributed by atoms with van der Waals surface area (Å²) in [5, 5.41) is 4.49. The van der Waals surface area contributed by atoms with Gasteiger partial charge in [0.15, 0.2) is 11.2 Å². The number of fused-ring (bicyclic) bond motifs is 1. The second kappa shape index (κ2) is 6.53. The summed E-state index contributed by atoms with van der Waals surface area (Å²) in [5.74, 6) is 0.485. The number of hydrogen-bond donors (Lipinski definition) is 0. The van der Waals surface area contributed by atoms with Crippen LogP contribution in [0.5, 0.6) is 0 Å². The Balaban J connectivity index is 2.47. The molecule has 0 aliphatic rings. The van der Waals surface area contributed by atoms with Crippen LogP contribution in [0.3, 0.4) is 0 Å². The van der Waals surface area contributed by atoms with Gasteiger partial charge in [-0.3, -0.25) is 18.5 Å². The molecule has 0 radical (unpaired) electrons. The van der Waals surface area contributed by atoms with Crippen LogP contribution in [0.2, 0.25) is 0 Å². The summed E-state index contributed by atoms with van der Waals surface area (Å²) < 4.78 is 6.04. The van der Waals surface area contributed by atoms with Gasteiger partial charge in [0.25, 0.3) is 5.56 Å². The molecule has 142 valence electrons. The molecular weight excluding hydrogens is 344 g/mol. The highest BCUT2D eigenvalue weighted by molar-refractivity contribution is 5.73. The fourth-order valence-corrected chi connectivity index (χ4v) is 3.18. The molecule has 27 heavy (non-hydrogen) atoms. The Morgan fingerprint density at radius 2 is 1.67 bits per heavy atom. The molecule has 0 amide bonds. The molecular formula is C19H24N6O2. The fourth-order valence-electron chi connectivity index (χ4n) is 3.18. The molecule has 0 saturated heterocycles. The number of aryl methyl sites for hydroxylation is 3. The van der Waals surface area contributed by atoms with E-state index in [1.165, 1.54) is 9.13 Å². The van der Waals surface area contributed by atoms with E-state index in [9.17, 15) is 9.59 Å². The normalized spacial score (nSPS) is 11.3. The van der Waals surface area contributed by atoms with E-state index in [0.717, 1.165) is 22.5 Å². The molecule has 0 saturated carbocycles. The highest BCUT2D eigenvalue weighted by Crippen LogP contribution is 2.18. The van der Waals surface area contributed by atoms with Gasteiger partial charge in [-0.1, -0.05) is 24.3 Å². The lowest BCUT2D eigenvalue weighted by atomic mass is 10.3. The summed E-state index contributed by atoms with van der Waals surface area (Å²) in [4.78, 5) is 30.4. The van der Waals surface area contributed by atoms with Crippen LogP contribution in [-0.4, -0.2) is 28.5 Å². The molecule has 0 fully saturated rings. The standard InChI is InChI=1S/C19H24N6O2/c1-11(2)9-23-15-16(20-18(23)25-14(6)8-13(5)21-25)22(7)19(27)24(17(15)26)10-12(3)4/h8H,1,3,9-10H2,2,4-7H3. The smallest absolute Gasteiger partial charge is 0.298 e. The molecule has 8 heteroatoms. The number of allylic oxidation sites excluding steroid dienone is 2. The Hall–Kier alpha value is -3.16. The highest BCUT2D eigenvalue weighted by atomic mass is 16.2. The summed E-state index contributed by atoms with van der Waals surface area (Å²) in [6.07, 6.45) is 0. The number of nitrogens with zero attached hydrogens (tertiary/aromatic N) is 6. The third kappa shape index (κ3) is 3.07. The second-order valence-electron chi connectivity index (χ2n) is 7.16. The quantitative estimate of drug-likeness (QED) is 0.644. The maximum atomic E-state index is 13.2. The van der Waals surface area contributed by atoms with Crippen molar-refractivity contribution in [2.24, 2.45) is 7.05 Å². The summed E-state index contributed by atoms with van der Waals surface area (Å²) in [7, 11) is 1.61. The summed E-state index contributed by atoms with van der Waals surface area (Å²) in [6.45, 7) is 15.8. The summed E-state index contributed by atoms with van der Waals surface area (Å²) >= 11 is 0. The van der Waals surface area contributed by atoms with Crippen LogP contribution in [0.15, 0.2) is 40.0 Å². The van der Waals surface area contributed by atoms with Gasteiger partial charge in [-0.15, -0.1) is 0 Å². The van der Waals surface area contributed by atoms with Crippen LogP contribution in [0, 0.1) is 13.8 Å². The van der Waals surface area contributed by atoms with Gasteiger partial charge < -0.3 is 0 Å². The molecule has 3 heterocycles. The van der Waals surface area contributed by atoms with Gasteiger partial charge in [0.2, 0.25) is 5.95 Å². The van der Waals surface area contributed by atoms with Crippen LogP contribution in [0.4, 0.5) is 0 Å². The fraction of sp³-hybridized carbons (Fsp3) is 0.368. The Kier molecular flexibility index (Phi) is 4.51. The highest BCUT2D eigenvalue weighted by Gasteiger charge is 2.22. The number of imidazole rings is 1. The van der Waals surface area contributed by atoms with Crippen LogP contribution < -0.4 is 11.2 Å². The van der Waals surface area contributed by atoms with Gasteiger partial charge in [-0.05, 0) is 33.8 Å². The van der Waals surface area contributed by atoms with Gasteiger partial charge in [0, 0.05) is 19.3 Å². The van der Waals surface area contributed by atoms with Crippen molar-refractivity contribution < 1.29 is 0 Å². The van der Waals surface area contributed by atoms with Gasteiger partial charge in [-0.2, -0.15) is 10.1 Å². The molecule has 0 bridgehead atoms. The van der Waals surface area contributed by atoms with E-state index in [-0.39, 0.29) is 6.54 Å². The molecule has 0 atom stereocenters. The largest absolute Gasteiger partial charge is 0.332 e. The lowest BCUT2D eigenvalue weighted by Gasteiger charge is -2.11. The molecule has 0 aliphatic carbocycles. The zero-order chi connectivity index (χ0) is 20.0. The van der Waals surface area contributed by atoms with E-state index >= 15 is 0 Å². The molecule has 0 N–H and O–H groups in total. The van der Waals surface area contributed by atoms with Crippen molar-refractivity contribution in [2.75, 3.05) is 0 Å². The van der Waals surface area contributed by atoms with Gasteiger partial charge in [0.05, 0.1) is 12.2 Å². The third-order valence-corrected chi connectivity index (χ3v) is 4.27.